The first kappa shape index (κ1) is 16.0. The standard InChI is InChI=1S/C11H18ClN3O3S/c1-3-5-6-7-13-11(16)9-10(19(12,17)18)8(4-2)14-15-9/h3-7H2,1-2H3,(H,13,16)(H,14,15). The molecule has 1 amide bonds. The molecule has 0 bridgehead atoms. The van der Waals surface area contributed by atoms with E-state index in [2.05, 4.69) is 22.4 Å². The van der Waals surface area contributed by atoms with Gasteiger partial charge in [-0.2, -0.15) is 5.10 Å². The van der Waals surface area contributed by atoms with Crippen molar-refractivity contribution < 1.29 is 13.2 Å². The van der Waals surface area contributed by atoms with Crippen molar-refractivity contribution in [3.8, 4) is 0 Å². The molecule has 0 saturated carbocycles. The zero-order valence-corrected chi connectivity index (χ0v) is 12.6. The van der Waals surface area contributed by atoms with Gasteiger partial charge in [0, 0.05) is 17.2 Å². The number of carbonyl (C=O) groups excluding carboxylic acids is 1. The van der Waals surface area contributed by atoms with E-state index in [0.29, 0.717) is 18.7 Å². The lowest BCUT2D eigenvalue weighted by atomic mass is 10.2. The number of H-pyrrole nitrogens is 1. The van der Waals surface area contributed by atoms with Crippen LogP contribution in [0.25, 0.3) is 0 Å². The summed E-state index contributed by atoms with van der Waals surface area (Å²) in [6, 6.07) is 0. The largest absolute Gasteiger partial charge is 0.351 e. The molecule has 1 aromatic rings. The third-order valence-electron chi connectivity index (χ3n) is 2.67. The van der Waals surface area contributed by atoms with E-state index in [1.807, 2.05) is 0 Å². The molecule has 6 nitrogen and oxygen atoms in total. The Morgan fingerprint density at radius 2 is 2.05 bits per heavy atom. The lowest BCUT2D eigenvalue weighted by Gasteiger charge is -2.04. The van der Waals surface area contributed by atoms with Gasteiger partial charge in [-0.1, -0.05) is 26.7 Å². The molecule has 108 valence electrons. The van der Waals surface area contributed by atoms with Gasteiger partial charge in [0.1, 0.15) is 4.90 Å². The Labute approximate surface area is 117 Å². The van der Waals surface area contributed by atoms with Crippen LogP contribution in [0.5, 0.6) is 0 Å². The number of rotatable bonds is 7. The minimum Gasteiger partial charge on any atom is -0.351 e. The molecular formula is C11H18ClN3O3S. The SMILES string of the molecule is CCCCCNC(=O)c1n[nH]c(CC)c1S(=O)(=O)Cl. The normalized spacial score (nSPS) is 11.5. The number of aryl methyl sites for hydroxylation is 1. The fourth-order valence-corrected chi connectivity index (χ4v) is 3.04. The van der Waals surface area contributed by atoms with Crippen molar-refractivity contribution in [2.24, 2.45) is 0 Å². The van der Waals surface area contributed by atoms with Gasteiger partial charge < -0.3 is 5.32 Å². The number of aromatic nitrogens is 2. The highest BCUT2D eigenvalue weighted by Gasteiger charge is 2.27. The maximum Gasteiger partial charge on any atom is 0.273 e. The molecule has 1 aromatic heterocycles. The predicted molar refractivity (Wildman–Crippen MR) is 72.9 cm³/mol. The number of halogens is 1. The quantitative estimate of drug-likeness (QED) is 0.593. The van der Waals surface area contributed by atoms with Gasteiger partial charge in [-0.05, 0) is 12.8 Å². The predicted octanol–water partition coefficient (Wildman–Crippen LogP) is 1.82. The first-order valence-electron chi connectivity index (χ1n) is 6.21. The molecule has 0 radical (unpaired) electrons. The number of unbranched alkanes of at least 4 members (excludes halogenated alkanes) is 2. The van der Waals surface area contributed by atoms with E-state index >= 15 is 0 Å². The van der Waals surface area contributed by atoms with Crippen molar-refractivity contribution in [1.29, 1.82) is 0 Å². The van der Waals surface area contributed by atoms with E-state index in [1.165, 1.54) is 0 Å². The number of hydrogen-bond acceptors (Lipinski definition) is 4. The Bertz CT molecular complexity index is 539. The molecule has 8 heteroatoms. The summed E-state index contributed by atoms with van der Waals surface area (Å²) in [4.78, 5) is 11.7. The highest BCUT2D eigenvalue weighted by atomic mass is 35.7. The van der Waals surface area contributed by atoms with E-state index in [0.717, 1.165) is 19.3 Å². The van der Waals surface area contributed by atoms with Gasteiger partial charge in [0.05, 0.1) is 5.69 Å². The lowest BCUT2D eigenvalue weighted by molar-refractivity contribution is 0.0944. The van der Waals surface area contributed by atoms with Gasteiger partial charge in [0.2, 0.25) is 0 Å². The zero-order chi connectivity index (χ0) is 14.5. The molecule has 0 saturated heterocycles. The minimum atomic E-state index is -4.00. The molecule has 0 aromatic carbocycles. The van der Waals surface area contributed by atoms with E-state index in [9.17, 15) is 13.2 Å². The van der Waals surface area contributed by atoms with Crippen LogP contribution >= 0.6 is 10.7 Å². The Kier molecular flexibility index (Phi) is 5.81. The summed E-state index contributed by atoms with van der Waals surface area (Å²) < 4.78 is 23.0. The van der Waals surface area contributed by atoms with Gasteiger partial charge in [0.15, 0.2) is 5.69 Å². The number of amides is 1. The third-order valence-corrected chi connectivity index (χ3v) is 4.06. The summed E-state index contributed by atoms with van der Waals surface area (Å²) in [7, 11) is 1.35. The molecule has 0 aliphatic heterocycles. The van der Waals surface area contributed by atoms with Gasteiger partial charge in [-0.15, -0.1) is 0 Å². The fourth-order valence-electron chi connectivity index (χ4n) is 1.68. The maximum absolute atomic E-state index is 11.9. The Morgan fingerprint density at radius 1 is 1.37 bits per heavy atom. The second kappa shape index (κ2) is 6.91. The topological polar surface area (TPSA) is 91.9 Å². The number of aromatic amines is 1. The van der Waals surface area contributed by atoms with Crippen LogP contribution in [0.15, 0.2) is 4.90 Å². The fraction of sp³-hybridized carbons (Fsp3) is 0.636. The van der Waals surface area contributed by atoms with E-state index in [1.54, 1.807) is 6.92 Å². The number of hydrogen-bond donors (Lipinski definition) is 2. The second-order valence-electron chi connectivity index (χ2n) is 4.13. The molecule has 0 spiro atoms. The maximum atomic E-state index is 11.9. The van der Waals surface area contributed by atoms with Crippen LogP contribution in [0.3, 0.4) is 0 Å². The van der Waals surface area contributed by atoms with E-state index in [4.69, 9.17) is 10.7 Å². The molecule has 1 rings (SSSR count). The number of nitrogens with one attached hydrogen (secondary N) is 2. The molecule has 0 fully saturated rings. The van der Waals surface area contributed by atoms with Gasteiger partial charge >= 0.3 is 0 Å². The van der Waals surface area contributed by atoms with E-state index < -0.39 is 15.0 Å². The van der Waals surface area contributed by atoms with Gasteiger partial charge in [-0.25, -0.2) is 8.42 Å². The molecule has 0 atom stereocenters. The van der Waals surface area contributed by atoms with Crippen molar-refractivity contribution in [1.82, 2.24) is 15.5 Å². The summed E-state index contributed by atoms with van der Waals surface area (Å²) in [6.45, 7) is 4.30. The Hall–Kier alpha value is -1.08. The first-order chi connectivity index (χ1) is 8.91. The molecular weight excluding hydrogens is 290 g/mol. The first-order valence-corrected chi connectivity index (χ1v) is 8.52. The highest BCUT2D eigenvalue weighted by molar-refractivity contribution is 8.13. The van der Waals surface area contributed by atoms with Crippen LogP contribution in [0.2, 0.25) is 0 Å². The van der Waals surface area contributed by atoms with Crippen LogP contribution in [-0.4, -0.2) is 31.1 Å². The van der Waals surface area contributed by atoms with Crippen molar-refractivity contribution >= 4 is 25.6 Å². The highest BCUT2D eigenvalue weighted by Crippen LogP contribution is 2.22. The Morgan fingerprint density at radius 3 is 2.58 bits per heavy atom. The van der Waals surface area contributed by atoms with Crippen LogP contribution < -0.4 is 5.32 Å². The monoisotopic (exact) mass is 307 g/mol. The van der Waals surface area contributed by atoms with Gasteiger partial charge in [0.25, 0.3) is 15.0 Å². The van der Waals surface area contributed by atoms with Crippen LogP contribution in [0.4, 0.5) is 0 Å². The molecule has 0 aliphatic rings. The summed E-state index contributed by atoms with van der Waals surface area (Å²) in [6.07, 6.45) is 3.29. The molecule has 2 N–H and O–H groups in total. The summed E-state index contributed by atoms with van der Waals surface area (Å²) >= 11 is 0. The number of nitrogens with zero attached hydrogens (tertiary/aromatic N) is 1. The second-order valence-corrected chi connectivity index (χ2v) is 6.64. The van der Waals surface area contributed by atoms with Crippen molar-refractivity contribution in [3.05, 3.63) is 11.4 Å². The smallest absolute Gasteiger partial charge is 0.273 e. The van der Waals surface area contributed by atoms with Crippen molar-refractivity contribution in [2.75, 3.05) is 6.54 Å². The van der Waals surface area contributed by atoms with Crippen LogP contribution in [0, 0.1) is 0 Å². The van der Waals surface area contributed by atoms with E-state index in [-0.39, 0.29) is 10.6 Å². The number of carbonyl (C=O) groups is 1. The lowest BCUT2D eigenvalue weighted by Crippen LogP contribution is -2.26. The zero-order valence-electron chi connectivity index (χ0n) is 11.0. The average molecular weight is 308 g/mol. The molecule has 1 heterocycles. The summed E-state index contributed by atoms with van der Waals surface area (Å²) in [5.74, 6) is -0.522. The average Bonchev–Trinajstić information content (AvgIpc) is 2.78. The van der Waals surface area contributed by atoms with Crippen LogP contribution in [-0.2, 0) is 15.5 Å². The third kappa shape index (κ3) is 4.21. The molecule has 19 heavy (non-hydrogen) atoms. The summed E-state index contributed by atoms with van der Waals surface area (Å²) in [5, 5.41) is 8.93. The van der Waals surface area contributed by atoms with Crippen molar-refractivity contribution in [3.63, 3.8) is 0 Å². The van der Waals surface area contributed by atoms with Crippen LogP contribution in [0.1, 0.15) is 49.3 Å². The molecule has 0 aliphatic carbocycles. The van der Waals surface area contributed by atoms with Gasteiger partial charge in [-0.3, -0.25) is 9.89 Å². The minimum absolute atomic E-state index is 0.164. The van der Waals surface area contributed by atoms with Crippen molar-refractivity contribution in [2.45, 2.75) is 44.4 Å². The summed E-state index contributed by atoms with van der Waals surface area (Å²) in [5.41, 5.74) is 0.178. The molecule has 0 unspecified atom stereocenters. The Balaban J connectivity index is 2.89.